The van der Waals surface area contributed by atoms with Crippen molar-refractivity contribution in [3.8, 4) is 6.07 Å². The second-order valence-electron chi connectivity index (χ2n) is 3.95. The molecule has 2 rings (SSSR count). The van der Waals surface area contributed by atoms with E-state index in [-0.39, 0.29) is 23.0 Å². The van der Waals surface area contributed by atoms with Gasteiger partial charge in [-0.2, -0.15) is 5.26 Å². The Balaban J connectivity index is 2.34. The molecule has 2 heterocycles. The van der Waals surface area contributed by atoms with E-state index >= 15 is 0 Å². The lowest BCUT2D eigenvalue weighted by molar-refractivity contribution is -0.142. The molecule has 6 nitrogen and oxygen atoms in total. The molecular formula is C11H10ClN3O3. The van der Waals surface area contributed by atoms with E-state index in [0.29, 0.717) is 13.0 Å². The minimum absolute atomic E-state index is 0.0388. The van der Waals surface area contributed by atoms with Crippen LogP contribution in [0.15, 0.2) is 12.3 Å². The molecule has 1 fully saturated rings. The third-order valence-electron chi connectivity index (χ3n) is 2.80. The summed E-state index contributed by atoms with van der Waals surface area (Å²) >= 11 is 5.97. The molecule has 1 aliphatic heterocycles. The van der Waals surface area contributed by atoms with Crippen LogP contribution >= 0.6 is 11.6 Å². The molecule has 0 aliphatic carbocycles. The highest BCUT2D eigenvalue weighted by molar-refractivity contribution is 6.34. The number of carbonyl (C=O) groups is 1. The number of nitrogens with zero attached hydrogens (tertiary/aromatic N) is 2. The summed E-state index contributed by atoms with van der Waals surface area (Å²) in [4.78, 5) is 15.3. The predicted molar refractivity (Wildman–Crippen MR) is 63.4 cm³/mol. The zero-order chi connectivity index (χ0) is 13.2. The fourth-order valence-corrected chi connectivity index (χ4v) is 1.93. The monoisotopic (exact) mass is 267 g/mol. The minimum atomic E-state index is -1.23. The number of carboxylic acid groups (broad SMARTS) is 1. The molecule has 0 amide bonds. The number of ether oxygens (including phenoxy) is 1. The molecule has 18 heavy (non-hydrogen) atoms. The van der Waals surface area contributed by atoms with Crippen molar-refractivity contribution in [3.05, 3.63) is 22.8 Å². The van der Waals surface area contributed by atoms with Crippen molar-refractivity contribution in [1.29, 1.82) is 5.26 Å². The van der Waals surface area contributed by atoms with E-state index in [1.807, 2.05) is 6.07 Å². The number of anilines is 1. The summed E-state index contributed by atoms with van der Waals surface area (Å²) in [7, 11) is 0. The van der Waals surface area contributed by atoms with Crippen LogP contribution in [0, 0.1) is 11.3 Å². The molecular weight excluding hydrogens is 258 g/mol. The lowest BCUT2D eigenvalue weighted by Crippen LogP contribution is -2.47. The summed E-state index contributed by atoms with van der Waals surface area (Å²) in [6.45, 7) is 0.395. The Kier molecular flexibility index (Phi) is 3.36. The van der Waals surface area contributed by atoms with Crippen LogP contribution in [0.5, 0.6) is 0 Å². The van der Waals surface area contributed by atoms with Crippen LogP contribution in [-0.4, -0.2) is 34.8 Å². The number of carboxylic acids is 1. The van der Waals surface area contributed by atoms with Gasteiger partial charge in [0.2, 0.25) is 0 Å². The molecule has 1 aromatic heterocycles. The molecule has 2 N–H and O–H groups in total. The summed E-state index contributed by atoms with van der Waals surface area (Å²) in [5.74, 6) is -0.844. The Bertz CT molecular complexity index is 521. The van der Waals surface area contributed by atoms with Gasteiger partial charge in [-0.1, -0.05) is 11.6 Å². The van der Waals surface area contributed by atoms with Gasteiger partial charge in [0.05, 0.1) is 12.2 Å². The maximum Gasteiger partial charge on any atom is 0.331 e. The summed E-state index contributed by atoms with van der Waals surface area (Å²) in [5.41, 5.74) is -0.987. The molecule has 1 unspecified atom stereocenters. The Labute approximate surface area is 108 Å². The molecule has 7 heteroatoms. The first-order valence-electron chi connectivity index (χ1n) is 5.23. The highest BCUT2D eigenvalue weighted by Crippen LogP contribution is 2.29. The zero-order valence-electron chi connectivity index (χ0n) is 9.31. The largest absolute Gasteiger partial charge is 0.479 e. The van der Waals surface area contributed by atoms with Crippen LogP contribution < -0.4 is 5.32 Å². The molecule has 1 aromatic rings. The third-order valence-corrected chi connectivity index (χ3v) is 3.18. The molecule has 0 radical (unpaired) electrons. The smallest absolute Gasteiger partial charge is 0.331 e. The summed E-state index contributed by atoms with van der Waals surface area (Å²) in [5, 5.41) is 21.0. The van der Waals surface area contributed by atoms with Gasteiger partial charge in [0.25, 0.3) is 0 Å². The van der Waals surface area contributed by atoms with Gasteiger partial charge in [-0.05, 0) is 6.07 Å². The zero-order valence-corrected chi connectivity index (χ0v) is 10.1. The molecule has 1 aliphatic rings. The third kappa shape index (κ3) is 2.10. The fraction of sp³-hybridized carbons (Fsp3) is 0.364. The van der Waals surface area contributed by atoms with E-state index in [2.05, 4.69) is 10.3 Å². The summed E-state index contributed by atoms with van der Waals surface area (Å²) < 4.78 is 5.11. The summed E-state index contributed by atoms with van der Waals surface area (Å²) in [6.07, 6.45) is 1.72. The molecule has 94 valence electrons. The number of hydrogen-bond donors (Lipinski definition) is 2. The van der Waals surface area contributed by atoms with Gasteiger partial charge in [0, 0.05) is 19.2 Å². The topological polar surface area (TPSA) is 95.2 Å². The second kappa shape index (κ2) is 4.80. The lowest BCUT2D eigenvalue weighted by atomic mass is 9.99. The van der Waals surface area contributed by atoms with E-state index in [0.717, 1.165) is 0 Å². The summed E-state index contributed by atoms with van der Waals surface area (Å²) in [6, 6.07) is 3.38. The van der Waals surface area contributed by atoms with Crippen molar-refractivity contribution >= 4 is 23.4 Å². The standard InChI is InChI=1S/C11H10ClN3O3/c12-8-7(5-13)1-3-14-9(8)15-11(10(16)17)2-4-18-6-11/h1,3H,2,4,6H2,(H,14,15)(H,16,17). The van der Waals surface area contributed by atoms with Crippen molar-refractivity contribution < 1.29 is 14.6 Å². The highest BCUT2D eigenvalue weighted by Gasteiger charge is 2.43. The fourth-order valence-electron chi connectivity index (χ4n) is 1.73. The van der Waals surface area contributed by atoms with Crippen LogP contribution in [0.1, 0.15) is 12.0 Å². The second-order valence-corrected chi connectivity index (χ2v) is 4.33. The van der Waals surface area contributed by atoms with Crippen molar-refractivity contribution in [1.82, 2.24) is 4.98 Å². The lowest BCUT2D eigenvalue weighted by Gasteiger charge is -2.24. The molecule has 0 spiro atoms. The van der Waals surface area contributed by atoms with E-state index in [1.54, 1.807) is 0 Å². The number of hydrogen-bond acceptors (Lipinski definition) is 5. The molecule has 1 saturated heterocycles. The van der Waals surface area contributed by atoms with Crippen LogP contribution in [-0.2, 0) is 9.53 Å². The van der Waals surface area contributed by atoms with Gasteiger partial charge in [0.1, 0.15) is 16.9 Å². The number of nitriles is 1. The number of aliphatic carboxylic acids is 1. The molecule has 1 atom stereocenters. The van der Waals surface area contributed by atoms with Gasteiger partial charge >= 0.3 is 5.97 Å². The van der Waals surface area contributed by atoms with Crippen molar-refractivity contribution in [2.75, 3.05) is 18.5 Å². The molecule has 0 aromatic carbocycles. The average molecular weight is 268 g/mol. The SMILES string of the molecule is N#Cc1ccnc(NC2(C(=O)O)CCOC2)c1Cl. The van der Waals surface area contributed by atoms with Crippen LogP contribution in [0.2, 0.25) is 5.02 Å². The Hall–Kier alpha value is -1.84. The minimum Gasteiger partial charge on any atom is -0.479 e. The Morgan fingerprint density at radius 2 is 2.50 bits per heavy atom. The van der Waals surface area contributed by atoms with Crippen molar-refractivity contribution in [3.63, 3.8) is 0 Å². The highest BCUT2D eigenvalue weighted by atomic mass is 35.5. The van der Waals surface area contributed by atoms with Crippen LogP contribution in [0.3, 0.4) is 0 Å². The maximum atomic E-state index is 11.3. The van der Waals surface area contributed by atoms with Crippen molar-refractivity contribution in [2.45, 2.75) is 12.0 Å². The number of nitrogens with one attached hydrogen (secondary N) is 1. The van der Waals surface area contributed by atoms with Gasteiger partial charge in [-0.25, -0.2) is 9.78 Å². The number of halogens is 1. The number of pyridine rings is 1. The first kappa shape index (κ1) is 12.6. The first-order valence-corrected chi connectivity index (χ1v) is 5.61. The number of aromatic nitrogens is 1. The van der Waals surface area contributed by atoms with Crippen LogP contribution in [0.4, 0.5) is 5.82 Å². The van der Waals surface area contributed by atoms with Gasteiger partial charge < -0.3 is 15.2 Å². The molecule has 0 saturated carbocycles. The van der Waals surface area contributed by atoms with Crippen molar-refractivity contribution in [2.24, 2.45) is 0 Å². The Morgan fingerprint density at radius 1 is 1.72 bits per heavy atom. The van der Waals surface area contributed by atoms with E-state index in [9.17, 15) is 9.90 Å². The average Bonchev–Trinajstić information content (AvgIpc) is 2.82. The van der Waals surface area contributed by atoms with E-state index in [4.69, 9.17) is 21.6 Å². The first-order chi connectivity index (χ1) is 8.59. The Morgan fingerprint density at radius 3 is 3.06 bits per heavy atom. The van der Waals surface area contributed by atoms with E-state index < -0.39 is 11.5 Å². The predicted octanol–water partition coefficient (Wildman–Crippen LogP) is 1.26. The van der Waals surface area contributed by atoms with Gasteiger partial charge in [-0.3, -0.25) is 0 Å². The molecule has 0 bridgehead atoms. The quantitative estimate of drug-likeness (QED) is 0.856. The van der Waals surface area contributed by atoms with Gasteiger partial charge in [-0.15, -0.1) is 0 Å². The number of rotatable bonds is 3. The van der Waals surface area contributed by atoms with Crippen LogP contribution in [0.25, 0.3) is 0 Å². The normalized spacial score (nSPS) is 22.4. The van der Waals surface area contributed by atoms with E-state index in [1.165, 1.54) is 12.3 Å². The maximum absolute atomic E-state index is 11.3. The van der Waals surface area contributed by atoms with Gasteiger partial charge in [0.15, 0.2) is 5.54 Å².